The van der Waals surface area contributed by atoms with Crippen LogP contribution in [-0.4, -0.2) is 39.0 Å². The first-order chi connectivity index (χ1) is 9.16. The van der Waals surface area contributed by atoms with Crippen LogP contribution in [0, 0.1) is 0 Å². The lowest BCUT2D eigenvalue weighted by atomic mass is 10.1. The topological polar surface area (TPSA) is 155 Å². The molecule has 0 spiro atoms. The van der Waals surface area contributed by atoms with Gasteiger partial charge in [0.2, 0.25) is 0 Å². The fraction of sp³-hybridized carbons (Fsp3) is 0.167. The third kappa shape index (κ3) is 5.63. The molecule has 0 saturated carbocycles. The van der Waals surface area contributed by atoms with Crippen molar-refractivity contribution in [2.75, 3.05) is 5.73 Å². The van der Waals surface area contributed by atoms with Crippen LogP contribution in [0.15, 0.2) is 18.2 Å². The van der Waals surface area contributed by atoms with Gasteiger partial charge in [0.25, 0.3) is 0 Å². The highest BCUT2D eigenvalue weighted by atomic mass is 16.4. The number of hydrogen-bond acceptors (Lipinski definition) is 5. The largest absolute Gasteiger partial charge is 0.481 e. The molecule has 0 heterocycles. The Kier molecular flexibility index (Phi) is 6.43. The third-order valence-electron chi connectivity index (χ3n) is 1.94. The Balaban J connectivity index is 0.000000441. The molecule has 0 fully saturated rings. The minimum Gasteiger partial charge on any atom is -0.481 e. The average Bonchev–Trinajstić information content (AvgIpc) is 2.26. The van der Waals surface area contributed by atoms with Gasteiger partial charge in [0.05, 0.1) is 11.1 Å². The van der Waals surface area contributed by atoms with Gasteiger partial charge >= 0.3 is 17.9 Å². The van der Waals surface area contributed by atoms with Gasteiger partial charge < -0.3 is 21.1 Å². The number of benzene rings is 1. The predicted octanol–water partition coefficient (Wildman–Crippen LogP) is 0.715. The number of aliphatic carboxylic acids is 1. The van der Waals surface area contributed by atoms with Crippen molar-refractivity contribution in [1.29, 1.82) is 0 Å². The van der Waals surface area contributed by atoms with E-state index in [0.717, 1.165) is 0 Å². The number of carbonyl (C=O) groups excluding carboxylic acids is 1. The van der Waals surface area contributed by atoms with Crippen molar-refractivity contribution in [2.24, 2.45) is 0 Å². The standard InChI is InChI=1S/C8H7NO4.C4H6O3/c9-5-3-1-2-4(7(10)11)6(5)8(12)13;1-3(5)2-4(6)7/h1-3H,9H2,(H,10,11)(H,12,13);2H2,1H3,(H,6,7). The first kappa shape index (κ1) is 17.1. The number of Topliss-reactive ketones (excluding diaryl/α,β-unsaturated/α-hetero) is 1. The van der Waals surface area contributed by atoms with Crippen molar-refractivity contribution in [3.63, 3.8) is 0 Å². The average molecular weight is 283 g/mol. The lowest BCUT2D eigenvalue weighted by Crippen LogP contribution is -2.10. The Morgan fingerprint density at radius 3 is 1.85 bits per heavy atom. The van der Waals surface area contributed by atoms with E-state index in [1.807, 2.05) is 0 Å². The molecule has 20 heavy (non-hydrogen) atoms. The molecule has 1 aromatic rings. The summed E-state index contributed by atoms with van der Waals surface area (Å²) in [6, 6.07) is 3.93. The van der Waals surface area contributed by atoms with Crippen LogP contribution in [-0.2, 0) is 9.59 Å². The van der Waals surface area contributed by atoms with Crippen molar-refractivity contribution in [2.45, 2.75) is 13.3 Å². The molecule has 0 atom stereocenters. The molecule has 0 radical (unpaired) electrons. The Hall–Kier alpha value is -2.90. The molecule has 0 aliphatic heterocycles. The molecular weight excluding hydrogens is 270 g/mol. The number of ketones is 1. The molecule has 0 saturated heterocycles. The summed E-state index contributed by atoms with van der Waals surface area (Å²) >= 11 is 0. The second-order valence-corrected chi connectivity index (χ2v) is 3.65. The molecule has 108 valence electrons. The molecular formula is C12H13NO7. The Bertz CT molecular complexity index is 539. The Labute approximate surface area is 113 Å². The van der Waals surface area contributed by atoms with Gasteiger partial charge in [-0.25, -0.2) is 9.59 Å². The van der Waals surface area contributed by atoms with Crippen LogP contribution >= 0.6 is 0 Å². The summed E-state index contributed by atoms with van der Waals surface area (Å²) in [5, 5.41) is 25.1. The SMILES string of the molecule is CC(=O)CC(=O)O.Nc1cccc(C(=O)O)c1C(=O)O. The number of carboxylic acids is 3. The molecule has 8 heteroatoms. The minimum absolute atomic E-state index is 0.0487. The maximum atomic E-state index is 10.6. The highest BCUT2D eigenvalue weighted by Gasteiger charge is 2.17. The van der Waals surface area contributed by atoms with E-state index in [-0.39, 0.29) is 29.0 Å². The summed E-state index contributed by atoms with van der Waals surface area (Å²) in [7, 11) is 0. The van der Waals surface area contributed by atoms with Crippen molar-refractivity contribution < 1.29 is 34.5 Å². The molecule has 0 aromatic heterocycles. The number of hydrogen-bond donors (Lipinski definition) is 4. The van der Waals surface area contributed by atoms with Crippen molar-refractivity contribution in [3.05, 3.63) is 29.3 Å². The van der Waals surface area contributed by atoms with Crippen molar-refractivity contribution in [1.82, 2.24) is 0 Å². The smallest absolute Gasteiger partial charge is 0.338 e. The van der Waals surface area contributed by atoms with Gasteiger partial charge in [-0.05, 0) is 19.1 Å². The zero-order chi connectivity index (χ0) is 15.9. The first-order valence-corrected chi connectivity index (χ1v) is 5.23. The molecule has 0 aliphatic rings. The number of nitrogens with two attached hydrogens (primary N) is 1. The summed E-state index contributed by atoms with van der Waals surface area (Å²) in [6.45, 7) is 1.24. The number of nitrogen functional groups attached to an aromatic ring is 1. The predicted molar refractivity (Wildman–Crippen MR) is 67.7 cm³/mol. The van der Waals surface area contributed by atoms with E-state index in [9.17, 15) is 19.2 Å². The maximum Gasteiger partial charge on any atom is 0.338 e. The molecule has 8 nitrogen and oxygen atoms in total. The number of aromatic carboxylic acids is 2. The molecule has 1 rings (SSSR count). The van der Waals surface area contributed by atoms with E-state index >= 15 is 0 Å². The van der Waals surface area contributed by atoms with Gasteiger partial charge in [0, 0.05) is 5.69 Å². The normalized spacial score (nSPS) is 9.05. The monoisotopic (exact) mass is 283 g/mol. The lowest BCUT2D eigenvalue weighted by Gasteiger charge is -2.03. The minimum atomic E-state index is -1.34. The van der Waals surface area contributed by atoms with Gasteiger partial charge in [-0.15, -0.1) is 0 Å². The van der Waals surface area contributed by atoms with Gasteiger partial charge in [-0.2, -0.15) is 0 Å². The molecule has 0 unspecified atom stereocenters. The molecule has 0 bridgehead atoms. The van der Waals surface area contributed by atoms with Crippen LogP contribution in [0.5, 0.6) is 0 Å². The second kappa shape index (κ2) is 7.52. The van der Waals surface area contributed by atoms with Crippen molar-refractivity contribution >= 4 is 29.4 Å². The Morgan fingerprint density at radius 2 is 1.60 bits per heavy atom. The summed E-state index contributed by atoms with van der Waals surface area (Å²) in [6.07, 6.45) is -0.361. The fourth-order valence-electron chi connectivity index (χ4n) is 1.20. The maximum absolute atomic E-state index is 10.6. The number of anilines is 1. The second-order valence-electron chi connectivity index (χ2n) is 3.65. The zero-order valence-corrected chi connectivity index (χ0v) is 10.5. The van der Waals surface area contributed by atoms with Crippen LogP contribution in [0.2, 0.25) is 0 Å². The fourth-order valence-corrected chi connectivity index (χ4v) is 1.20. The lowest BCUT2D eigenvalue weighted by molar-refractivity contribution is -0.139. The van der Waals surface area contributed by atoms with Crippen molar-refractivity contribution in [3.8, 4) is 0 Å². The van der Waals surface area contributed by atoms with E-state index in [4.69, 9.17) is 21.1 Å². The van der Waals surface area contributed by atoms with E-state index in [0.29, 0.717) is 0 Å². The van der Waals surface area contributed by atoms with Gasteiger partial charge in [0.1, 0.15) is 12.2 Å². The molecule has 0 amide bonds. The molecule has 5 N–H and O–H groups in total. The number of rotatable bonds is 4. The van der Waals surface area contributed by atoms with Gasteiger partial charge in [-0.1, -0.05) is 6.07 Å². The summed E-state index contributed by atoms with van der Waals surface area (Å²) in [5.41, 5.74) is 4.60. The van der Waals surface area contributed by atoms with Gasteiger partial charge in [-0.3, -0.25) is 9.59 Å². The zero-order valence-electron chi connectivity index (χ0n) is 10.5. The van der Waals surface area contributed by atoms with Crippen LogP contribution < -0.4 is 5.73 Å². The van der Waals surface area contributed by atoms with E-state index in [1.54, 1.807) is 0 Å². The number of carboxylic acid groups (broad SMARTS) is 3. The van der Waals surface area contributed by atoms with E-state index < -0.39 is 17.9 Å². The van der Waals surface area contributed by atoms with Crippen LogP contribution in [0.1, 0.15) is 34.1 Å². The van der Waals surface area contributed by atoms with Gasteiger partial charge in [0.15, 0.2) is 0 Å². The third-order valence-corrected chi connectivity index (χ3v) is 1.94. The molecule has 1 aromatic carbocycles. The van der Waals surface area contributed by atoms with Crippen LogP contribution in [0.4, 0.5) is 5.69 Å². The van der Waals surface area contributed by atoms with E-state index in [2.05, 4.69) is 0 Å². The highest BCUT2D eigenvalue weighted by molar-refractivity contribution is 6.05. The van der Waals surface area contributed by atoms with E-state index in [1.165, 1.54) is 25.1 Å². The highest BCUT2D eigenvalue weighted by Crippen LogP contribution is 2.16. The first-order valence-electron chi connectivity index (χ1n) is 5.23. The number of carbonyl (C=O) groups is 4. The van der Waals surface area contributed by atoms with Crippen LogP contribution in [0.3, 0.4) is 0 Å². The van der Waals surface area contributed by atoms with Crippen LogP contribution in [0.25, 0.3) is 0 Å². The summed E-state index contributed by atoms with van der Waals surface area (Å²) < 4.78 is 0. The summed E-state index contributed by atoms with van der Waals surface area (Å²) in [4.78, 5) is 40.6. The quantitative estimate of drug-likeness (QED) is 0.465. The summed E-state index contributed by atoms with van der Waals surface area (Å²) in [5.74, 6) is -4.01. The Morgan fingerprint density at radius 1 is 1.05 bits per heavy atom. The molecule has 0 aliphatic carbocycles.